The van der Waals surface area contributed by atoms with Gasteiger partial charge in [-0.25, -0.2) is 4.39 Å². The van der Waals surface area contributed by atoms with Gasteiger partial charge < -0.3 is 10.2 Å². The lowest BCUT2D eigenvalue weighted by molar-refractivity contribution is -0.140. The minimum Gasteiger partial charge on any atom is -0.480 e. The van der Waals surface area contributed by atoms with Gasteiger partial charge in [0.15, 0.2) is 0 Å². The van der Waals surface area contributed by atoms with Crippen LogP contribution in [0.25, 0.3) is 0 Å². The third-order valence-electron chi connectivity index (χ3n) is 2.07. The molecular formula is C10H11ClFNO3. The Morgan fingerprint density at radius 2 is 2.25 bits per heavy atom. The van der Waals surface area contributed by atoms with E-state index in [2.05, 4.69) is 5.32 Å². The largest absolute Gasteiger partial charge is 0.480 e. The van der Waals surface area contributed by atoms with E-state index in [-0.39, 0.29) is 17.1 Å². The van der Waals surface area contributed by atoms with E-state index in [0.717, 1.165) is 0 Å². The number of carboxylic acid groups (broad SMARTS) is 1. The van der Waals surface area contributed by atoms with Gasteiger partial charge in [0.05, 0.1) is 6.61 Å². The number of hydrogen-bond donors (Lipinski definition) is 3. The number of hydrogen-bond acceptors (Lipinski definition) is 3. The molecule has 0 fully saturated rings. The first-order valence-corrected chi connectivity index (χ1v) is 4.94. The third kappa shape index (κ3) is 3.16. The van der Waals surface area contributed by atoms with Crippen molar-refractivity contribution in [3.8, 4) is 0 Å². The summed E-state index contributed by atoms with van der Waals surface area (Å²) in [6.45, 7) is -0.621. The summed E-state index contributed by atoms with van der Waals surface area (Å²) in [6, 6.07) is 3.08. The number of carboxylic acids is 1. The summed E-state index contributed by atoms with van der Waals surface area (Å²) in [5.41, 5.74) is 0.184. The van der Waals surface area contributed by atoms with E-state index in [1.54, 1.807) is 0 Å². The summed E-state index contributed by atoms with van der Waals surface area (Å²) in [5, 5.41) is 20.1. The Kier molecular flexibility index (Phi) is 4.67. The van der Waals surface area contributed by atoms with Crippen LogP contribution in [0.4, 0.5) is 4.39 Å². The Morgan fingerprint density at radius 1 is 1.56 bits per heavy atom. The molecule has 0 spiro atoms. The molecule has 1 rings (SSSR count). The highest BCUT2D eigenvalue weighted by molar-refractivity contribution is 6.31. The van der Waals surface area contributed by atoms with Crippen molar-refractivity contribution < 1.29 is 19.4 Å². The lowest BCUT2D eigenvalue weighted by Gasteiger charge is -2.12. The fraction of sp³-hybridized carbons (Fsp3) is 0.300. The highest BCUT2D eigenvalue weighted by atomic mass is 35.5. The average Bonchev–Trinajstić information content (AvgIpc) is 2.22. The van der Waals surface area contributed by atoms with E-state index in [1.807, 2.05) is 0 Å². The maximum absolute atomic E-state index is 13.3. The second-order valence-electron chi connectivity index (χ2n) is 3.15. The SMILES string of the molecule is O=C(O)C(CO)NCc1c(F)cccc1Cl. The number of aliphatic carboxylic acids is 1. The maximum atomic E-state index is 13.3. The van der Waals surface area contributed by atoms with Gasteiger partial charge in [0.1, 0.15) is 11.9 Å². The number of carbonyl (C=O) groups is 1. The second-order valence-corrected chi connectivity index (χ2v) is 3.56. The number of aliphatic hydroxyl groups excluding tert-OH is 1. The molecule has 0 aromatic heterocycles. The summed E-state index contributed by atoms with van der Waals surface area (Å²) < 4.78 is 13.3. The zero-order valence-electron chi connectivity index (χ0n) is 8.28. The predicted molar refractivity (Wildman–Crippen MR) is 56.8 cm³/mol. The molecule has 0 saturated carbocycles. The quantitative estimate of drug-likeness (QED) is 0.727. The Hall–Kier alpha value is -1.17. The van der Waals surface area contributed by atoms with Gasteiger partial charge in [-0.15, -0.1) is 0 Å². The van der Waals surface area contributed by atoms with Crippen LogP contribution < -0.4 is 5.32 Å². The van der Waals surface area contributed by atoms with Crippen LogP contribution in [0, 0.1) is 5.82 Å². The highest BCUT2D eigenvalue weighted by Gasteiger charge is 2.16. The molecule has 0 saturated heterocycles. The van der Waals surface area contributed by atoms with Crippen molar-refractivity contribution in [2.75, 3.05) is 6.61 Å². The molecule has 1 unspecified atom stereocenters. The van der Waals surface area contributed by atoms with E-state index in [4.69, 9.17) is 21.8 Å². The van der Waals surface area contributed by atoms with Gasteiger partial charge in [0, 0.05) is 17.1 Å². The molecule has 0 aliphatic rings. The summed E-state index contributed by atoms with van der Waals surface area (Å²) in [4.78, 5) is 10.6. The van der Waals surface area contributed by atoms with Crippen molar-refractivity contribution in [1.29, 1.82) is 0 Å². The van der Waals surface area contributed by atoms with E-state index >= 15 is 0 Å². The molecule has 3 N–H and O–H groups in total. The van der Waals surface area contributed by atoms with Gasteiger partial charge >= 0.3 is 5.97 Å². The minimum absolute atomic E-state index is 0.0525. The Bertz CT molecular complexity index is 366. The molecule has 6 heteroatoms. The van der Waals surface area contributed by atoms with Crippen molar-refractivity contribution in [1.82, 2.24) is 5.32 Å². The van der Waals surface area contributed by atoms with Crippen LogP contribution >= 0.6 is 11.6 Å². The molecule has 0 aliphatic carbocycles. The van der Waals surface area contributed by atoms with Gasteiger partial charge in [0.2, 0.25) is 0 Å². The average molecular weight is 248 g/mol. The van der Waals surface area contributed by atoms with Crippen molar-refractivity contribution >= 4 is 17.6 Å². The van der Waals surface area contributed by atoms with Crippen LogP contribution in [-0.4, -0.2) is 28.8 Å². The van der Waals surface area contributed by atoms with E-state index < -0.39 is 24.4 Å². The zero-order valence-corrected chi connectivity index (χ0v) is 9.04. The number of benzene rings is 1. The van der Waals surface area contributed by atoms with Gasteiger partial charge in [-0.2, -0.15) is 0 Å². The predicted octanol–water partition coefficient (Wildman–Crippen LogP) is 1.01. The monoisotopic (exact) mass is 247 g/mol. The summed E-state index contributed by atoms with van der Waals surface area (Å²) in [7, 11) is 0. The number of halogens is 2. The second kappa shape index (κ2) is 5.79. The fourth-order valence-electron chi connectivity index (χ4n) is 1.16. The van der Waals surface area contributed by atoms with Crippen molar-refractivity contribution in [2.24, 2.45) is 0 Å². The highest BCUT2D eigenvalue weighted by Crippen LogP contribution is 2.18. The van der Waals surface area contributed by atoms with Crippen molar-refractivity contribution in [2.45, 2.75) is 12.6 Å². The first kappa shape index (κ1) is 12.9. The fourth-order valence-corrected chi connectivity index (χ4v) is 1.39. The minimum atomic E-state index is -1.20. The Balaban J connectivity index is 2.70. The number of rotatable bonds is 5. The molecule has 16 heavy (non-hydrogen) atoms. The van der Waals surface area contributed by atoms with E-state index in [1.165, 1.54) is 18.2 Å². The van der Waals surface area contributed by atoms with Gasteiger partial charge in [-0.05, 0) is 12.1 Å². The molecular weight excluding hydrogens is 237 g/mol. The number of nitrogens with one attached hydrogen (secondary N) is 1. The molecule has 88 valence electrons. The van der Waals surface area contributed by atoms with Crippen molar-refractivity contribution in [3.63, 3.8) is 0 Å². The first-order valence-electron chi connectivity index (χ1n) is 4.56. The molecule has 1 aromatic rings. The van der Waals surface area contributed by atoms with Crippen molar-refractivity contribution in [3.05, 3.63) is 34.6 Å². The summed E-state index contributed by atoms with van der Waals surface area (Å²) in [5.74, 6) is -1.71. The van der Waals surface area contributed by atoms with Crippen LogP contribution in [-0.2, 0) is 11.3 Å². The van der Waals surface area contributed by atoms with E-state index in [0.29, 0.717) is 0 Å². The van der Waals surface area contributed by atoms with Crippen LogP contribution in [0.5, 0.6) is 0 Å². The molecule has 1 aromatic carbocycles. The molecule has 0 heterocycles. The van der Waals surface area contributed by atoms with Gasteiger partial charge in [-0.1, -0.05) is 17.7 Å². The standard InChI is InChI=1S/C10H11ClFNO3/c11-7-2-1-3-8(12)6(7)4-13-9(5-14)10(15)16/h1-3,9,13-14H,4-5H2,(H,15,16). The van der Waals surface area contributed by atoms with Gasteiger partial charge in [-0.3, -0.25) is 10.1 Å². The zero-order chi connectivity index (χ0) is 12.1. The van der Waals surface area contributed by atoms with Crippen LogP contribution in [0.2, 0.25) is 5.02 Å². The third-order valence-corrected chi connectivity index (χ3v) is 2.42. The molecule has 0 bridgehead atoms. The van der Waals surface area contributed by atoms with E-state index in [9.17, 15) is 9.18 Å². The molecule has 1 atom stereocenters. The van der Waals surface area contributed by atoms with Crippen LogP contribution in [0.3, 0.4) is 0 Å². The Labute approximate surface area is 96.7 Å². The smallest absolute Gasteiger partial charge is 0.323 e. The Morgan fingerprint density at radius 3 is 2.75 bits per heavy atom. The molecule has 0 radical (unpaired) electrons. The summed E-state index contributed by atoms with van der Waals surface area (Å²) >= 11 is 5.75. The number of aliphatic hydroxyl groups is 1. The molecule has 0 aliphatic heterocycles. The summed E-state index contributed by atoms with van der Waals surface area (Å²) in [6.07, 6.45) is 0. The first-order chi connectivity index (χ1) is 7.56. The molecule has 4 nitrogen and oxygen atoms in total. The van der Waals surface area contributed by atoms with Gasteiger partial charge in [0.25, 0.3) is 0 Å². The normalized spacial score (nSPS) is 12.4. The topological polar surface area (TPSA) is 69.6 Å². The maximum Gasteiger partial charge on any atom is 0.323 e. The lowest BCUT2D eigenvalue weighted by Crippen LogP contribution is -2.39. The van der Waals surface area contributed by atoms with Crippen LogP contribution in [0.15, 0.2) is 18.2 Å². The molecule has 0 amide bonds. The lowest BCUT2D eigenvalue weighted by atomic mass is 10.2. The van der Waals surface area contributed by atoms with Crippen LogP contribution in [0.1, 0.15) is 5.56 Å².